The van der Waals surface area contributed by atoms with Crippen molar-refractivity contribution in [2.75, 3.05) is 6.54 Å². The van der Waals surface area contributed by atoms with E-state index in [1.807, 2.05) is 0 Å². The van der Waals surface area contributed by atoms with Gasteiger partial charge in [-0.1, -0.05) is 54.6 Å². The Labute approximate surface area is 150 Å². The van der Waals surface area contributed by atoms with Gasteiger partial charge in [0.15, 0.2) is 0 Å². The lowest BCUT2D eigenvalue weighted by atomic mass is 10.0. The highest BCUT2D eigenvalue weighted by molar-refractivity contribution is 5.87. The summed E-state index contributed by atoms with van der Waals surface area (Å²) < 4.78 is 6.05. The second-order valence-electron chi connectivity index (χ2n) is 6.78. The average Bonchev–Trinajstić information content (AvgIpc) is 2.61. The highest BCUT2D eigenvalue weighted by atomic mass is 16.5. The molecule has 0 saturated carbocycles. The first-order valence-corrected chi connectivity index (χ1v) is 9.07. The number of hydrogen-bond acceptors (Lipinski definition) is 2. The monoisotopic (exact) mass is 333 g/mol. The van der Waals surface area contributed by atoms with Crippen LogP contribution in [0.5, 0.6) is 5.75 Å². The average molecular weight is 333 g/mol. The van der Waals surface area contributed by atoms with Crippen molar-refractivity contribution in [1.29, 1.82) is 0 Å². The SMILES string of the molecule is Cc1ccccc1CCNCc1c(OC(C)C)ccc2ccccc12. The first-order chi connectivity index (χ1) is 12.1. The molecule has 0 unspecified atom stereocenters. The van der Waals surface area contributed by atoms with Crippen LogP contribution in [0.25, 0.3) is 10.8 Å². The van der Waals surface area contributed by atoms with E-state index in [1.54, 1.807) is 0 Å². The molecule has 3 rings (SSSR count). The molecule has 0 fully saturated rings. The highest BCUT2D eigenvalue weighted by Gasteiger charge is 2.10. The molecule has 0 radical (unpaired) electrons. The van der Waals surface area contributed by atoms with Crippen LogP contribution in [0.4, 0.5) is 0 Å². The molecule has 2 heteroatoms. The van der Waals surface area contributed by atoms with Gasteiger partial charge in [0.05, 0.1) is 6.10 Å². The minimum atomic E-state index is 0.173. The molecule has 25 heavy (non-hydrogen) atoms. The third-order valence-corrected chi connectivity index (χ3v) is 4.49. The van der Waals surface area contributed by atoms with Gasteiger partial charge in [0.25, 0.3) is 0 Å². The summed E-state index contributed by atoms with van der Waals surface area (Å²) >= 11 is 0. The number of benzene rings is 3. The third-order valence-electron chi connectivity index (χ3n) is 4.49. The summed E-state index contributed by atoms with van der Waals surface area (Å²) in [6.45, 7) is 8.09. The van der Waals surface area contributed by atoms with Crippen molar-refractivity contribution >= 4 is 10.8 Å². The van der Waals surface area contributed by atoms with Gasteiger partial charge in [-0.05, 0) is 61.7 Å². The van der Waals surface area contributed by atoms with Crippen LogP contribution in [-0.2, 0) is 13.0 Å². The third kappa shape index (κ3) is 4.40. The molecule has 0 bridgehead atoms. The van der Waals surface area contributed by atoms with E-state index in [4.69, 9.17) is 4.74 Å². The number of hydrogen-bond donors (Lipinski definition) is 1. The first kappa shape index (κ1) is 17.5. The van der Waals surface area contributed by atoms with E-state index in [1.165, 1.54) is 27.5 Å². The van der Waals surface area contributed by atoms with Crippen molar-refractivity contribution in [2.24, 2.45) is 0 Å². The Morgan fingerprint density at radius 1 is 0.920 bits per heavy atom. The Morgan fingerprint density at radius 2 is 1.68 bits per heavy atom. The van der Waals surface area contributed by atoms with Crippen molar-refractivity contribution in [3.8, 4) is 5.75 Å². The molecule has 0 aliphatic heterocycles. The van der Waals surface area contributed by atoms with Crippen LogP contribution in [0.2, 0.25) is 0 Å². The highest BCUT2D eigenvalue weighted by Crippen LogP contribution is 2.28. The van der Waals surface area contributed by atoms with Crippen LogP contribution in [0.3, 0.4) is 0 Å². The molecule has 0 amide bonds. The second-order valence-corrected chi connectivity index (χ2v) is 6.78. The van der Waals surface area contributed by atoms with Crippen molar-refractivity contribution in [3.63, 3.8) is 0 Å². The van der Waals surface area contributed by atoms with E-state index in [9.17, 15) is 0 Å². The van der Waals surface area contributed by atoms with E-state index in [2.05, 4.69) is 86.8 Å². The molecular weight excluding hydrogens is 306 g/mol. The Kier molecular flexibility index (Phi) is 5.72. The molecule has 1 N–H and O–H groups in total. The van der Waals surface area contributed by atoms with Crippen LogP contribution < -0.4 is 10.1 Å². The maximum absolute atomic E-state index is 6.05. The normalized spacial score (nSPS) is 11.2. The van der Waals surface area contributed by atoms with E-state index < -0.39 is 0 Å². The van der Waals surface area contributed by atoms with E-state index in [0.29, 0.717) is 0 Å². The van der Waals surface area contributed by atoms with Gasteiger partial charge in [0, 0.05) is 12.1 Å². The summed E-state index contributed by atoms with van der Waals surface area (Å²) in [5, 5.41) is 6.13. The Hall–Kier alpha value is -2.32. The molecule has 0 aromatic heterocycles. The Bertz CT molecular complexity index is 838. The van der Waals surface area contributed by atoms with Crippen molar-refractivity contribution in [1.82, 2.24) is 5.32 Å². The number of nitrogens with one attached hydrogen (secondary N) is 1. The quantitative estimate of drug-likeness (QED) is 0.595. The van der Waals surface area contributed by atoms with Gasteiger partial charge in [-0.25, -0.2) is 0 Å². The lowest BCUT2D eigenvalue weighted by molar-refractivity contribution is 0.240. The van der Waals surface area contributed by atoms with Gasteiger partial charge in [0.1, 0.15) is 5.75 Å². The van der Waals surface area contributed by atoms with Gasteiger partial charge < -0.3 is 10.1 Å². The molecule has 0 spiro atoms. The fourth-order valence-electron chi connectivity index (χ4n) is 3.19. The summed E-state index contributed by atoms with van der Waals surface area (Å²) in [5.74, 6) is 0.983. The number of ether oxygens (including phenoxy) is 1. The summed E-state index contributed by atoms with van der Waals surface area (Å²) in [6.07, 6.45) is 1.21. The van der Waals surface area contributed by atoms with E-state index in [0.717, 1.165) is 25.3 Å². The topological polar surface area (TPSA) is 21.3 Å². The van der Waals surface area contributed by atoms with Crippen molar-refractivity contribution < 1.29 is 4.74 Å². The standard InChI is InChI=1S/C23H27NO/c1-17(2)25-23-13-12-20-10-6-7-11-21(20)22(23)16-24-15-14-19-9-5-4-8-18(19)3/h4-13,17,24H,14-16H2,1-3H3. The number of aryl methyl sites for hydroxylation is 1. The lowest BCUT2D eigenvalue weighted by Crippen LogP contribution is -2.18. The predicted octanol–water partition coefficient (Wildman–Crippen LogP) is 5.27. The zero-order valence-electron chi connectivity index (χ0n) is 15.4. The summed E-state index contributed by atoms with van der Waals surface area (Å²) in [4.78, 5) is 0. The summed E-state index contributed by atoms with van der Waals surface area (Å²) in [7, 11) is 0. The smallest absolute Gasteiger partial charge is 0.124 e. The van der Waals surface area contributed by atoms with E-state index in [-0.39, 0.29) is 6.10 Å². The Morgan fingerprint density at radius 3 is 2.48 bits per heavy atom. The minimum absolute atomic E-state index is 0.173. The number of fused-ring (bicyclic) bond motifs is 1. The molecular formula is C23H27NO. The molecule has 3 aromatic carbocycles. The van der Waals surface area contributed by atoms with Gasteiger partial charge in [-0.15, -0.1) is 0 Å². The molecule has 0 heterocycles. The zero-order chi connectivity index (χ0) is 17.6. The zero-order valence-corrected chi connectivity index (χ0v) is 15.4. The molecule has 0 aliphatic rings. The fourth-order valence-corrected chi connectivity index (χ4v) is 3.19. The largest absolute Gasteiger partial charge is 0.491 e. The molecule has 2 nitrogen and oxygen atoms in total. The van der Waals surface area contributed by atoms with Crippen LogP contribution in [0, 0.1) is 6.92 Å². The molecule has 3 aromatic rings. The van der Waals surface area contributed by atoms with Gasteiger partial charge in [0.2, 0.25) is 0 Å². The maximum atomic E-state index is 6.05. The first-order valence-electron chi connectivity index (χ1n) is 9.07. The molecule has 130 valence electrons. The lowest BCUT2D eigenvalue weighted by Gasteiger charge is -2.17. The van der Waals surface area contributed by atoms with Crippen LogP contribution in [0.15, 0.2) is 60.7 Å². The van der Waals surface area contributed by atoms with Gasteiger partial charge in [-0.3, -0.25) is 0 Å². The Balaban J connectivity index is 1.74. The predicted molar refractivity (Wildman–Crippen MR) is 106 cm³/mol. The second kappa shape index (κ2) is 8.17. The van der Waals surface area contributed by atoms with Gasteiger partial charge >= 0.3 is 0 Å². The van der Waals surface area contributed by atoms with Crippen molar-refractivity contribution in [2.45, 2.75) is 39.8 Å². The summed E-state index contributed by atoms with van der Waals surface area (Å²) in [5.41, 5.74) is 4.02. The van der Waals surface area contributed by atoms with Crippen LogP contribution in [-0.4, -0.2) is 12.6 Å². The maximum Gasteiger partial charge on any atom is 0.124 e. The molecule has 0 saturated heterocycles. The van der Waals surface area contributed by atoms with Crippen LogP contribution in [0.1, 0.15) is 30.5 Å². The van der Waals surface area contributed by atoms with Crippen LogP contribution >= 0.6 is 0 Å². The van der Waals surface area contributed by atoms with Gasteiger partial charge in [-0.2, -0.15) is 0 Å². The number of rotatable bonds is 7. The molecule has 0 aliphatic carbocycles. The van der Waals surface area contributed by atoms with E-state index >= 15 is 0 Å². The minimum Gasteiger partial charge on any atom is -0.491 e. The summed E-state index contributed by atoms with van der Waals surface area (Å²) in [6, 6.07) is 21.4. The molecule has 0 atom stereocenters. The van der Waals surface area contributed by atoms with Crippen molar-refractivity contribution in [3.05, 3.63) is 77.4 Å². The fraction of sp³-hybridized carbons (Fsp3) is 0.304.